The summed E-state index contributed by atoms with van der Waals surface area (Å²) < 4.78 is 0. The van der Waals surface area contributed by atoms with Crippen LogP contribution in [0.15, 0.2) is 0 Å². The van der Waals surface area contributed by atoms with Crippen LogP contribution in [-0.4, -0.2) is 12.1 Å². The molecule has 54 valence electrons. The molecule has 1 N–H and O–H groups in total. The second-order valence-corrected chi connectivity index (χ2v) is 2.60. The Balaban J connectivity index is 3.52. The minimum absolute atomic E-state index is 0.281. The molecule has 0 spiro atoms. The topological polar surface area (TPSA) is 35.8 Å². The fraction of sp³-hybridized carbons (Fsp3) is 0.625. The second-order valence-electron chi connectivity index (χ2n) is 2.60. The fourth-order valence-corrected chi connectivity index (χ4v) is 0.482. The highest BCUT2D eigenvalue weighted by Gasteiger charge is 2.10. The van der Waals surface area contributed by atoms with Crippen molar-refractivity contribution >= 4 is 0 Å². The van der Waals surface area contributed by atoms with Crippen LogP contribution in [0.5, 0.6) is 0 Å². The van der Waals surface area contributed by atoms with Crippen LogP contribution in [0.3, 0.4) is 0 Å². The third-order valence-electron chi connectivity index (χ3n) is 1.16. The third-order valence-corrected chi connectivity index (χ3v) is 1.16. The summed E-state index contributed by atoms with van der Waals surface area (Å²) >= 11 is 0. The molecule has 0 unspecified atom stereocenters. The molecular formula is C8H12N2. The Morgan fingerprint density at radius 1 is 1.60 bits per heavy atom. The Hall–Kier alpha value is -0.990. The summed E-state index contributed by atoms with van der Waals surface area (Å²) in [6, 6.07) is 2.03. The number of terminal acetylenes is 1. The molecule has 0 saturated carbocycles. The molecule has 0 bridgehead atoms. The van der Waals surface area contributed by atoms with Gasteiger partial charge in [-0.1, -0.05) is 5.92 Å². The molecule has 0 aromatic rings. The van der Waals surface area contributed by atoms with Crippen LogP contribution < -0.4 is 5.32 Å². The van der Waals surface area contributed by atoms with Gasteiger partial charge in [0, 0.05) is 13.0 Å². The Morgan fingerprint density at radius 2 is 2.20 bits per heavy atom. The summed E-state index contributed by atoms with van der Waals surface area (Å²) in [6.45, 7) is 4.47. The van der Waals surface area contributed by atoms with Gasteiger partial charge in [0.15, 0.2) is 0 Å². The highest BCUT2D eigenvalue weighted by molar-refractivity contribution is 5.07. The number of nitriles is 1. The molecule has 0 rings (SSSR count). The van der Waals surface area contributed by atoms with Crippen molar-refractivity contribution in [2.75, 3.05) is 6.54 Å². The van der Waals surface area contributed by atoms with Crippen molar-refractivity contribution in [2.45, 2.75) is 25.8 Å². The van der Waals surface area contributed by atoms with Crippen molar-refractivity contribution in [1.29, 1.82) is 5.26 Å². The van der Waals surface area contributed by atoms with Crippen LogP contribution in [0.4, 0.5) is 0 Å². The molecule has 0 saturated heterocycles. The molecule has 0 atom stereocenters. The average molecular weight is 136 g/mol. The van der Waals surface area contributed by atoms with E-state index in [2.05, 4.69) is 11.2 Å². The van der Waals surface area contributed by atoms with E-state index in [1.807, 2.05) is 19.9 Å². The summed E-state index contributed by atoms with van der Waals surface area (Å²) in [4.78, 5) is 0. The molecule has 0 fully saturated rings. The molecule has 0 heterocycles. The second kappa shape index (κ2) is 3.93. The molecule has 2 heteroatoms. The van der Waals surface area contributed by atoms with Gasteiger partial charge in [-0.15, -0.1) is 6.42 Å². The lowest BCUT2D eigenvalue weighted by molar-refractivity contribution is 0.499. The van der Waals surface area contributed by atoms with Gasteiger partial charge in [0.05, 0.1) is 11.6 Å². The van der Waals surface area contributed by atoms with E-state index in [4.69, 9.17) is 11.7 Å². The van der Waals surface area contributed by atoms with Crippen molar-refractivity contribution in [2.24, 2.45) is 0 Å². The molecule has 0 radical (unpaired) electrons. The van der Waals surface area contributed by atoms with Gasteiger partial charge in [0.2, 0.25) is 0 Å². The van der Waals surface area contributed by atoms with Gasteiger partial charge in [-0.05, 0) is 13.8 Å². The summed E-state index contributed by atoms with van der Waals surface area (Å²) in [5.74, 6) is 2.58. The molecule has 0 aliphatic rings. The van der Waals surface area contributed by atoms with Crippen LogP contribution in [0, 0.1) is 23.7 Å². The Morgan fingerprint density at radius 3 is 2.60 bits per heavy atom. The monoisotopic (exact) mass is 136 g/mol. The van der Waals surface area contributed by atoms with E-state index >= 15 is 0 Å². The molecule has 0 aromatic carbocycles. The highest BCUT2D eigenvalue weighted by Crippen LogP contribution is 1.97. The minimum Gasteiger partial charge on any atom is -0.301 e. The Bertz CT molecular complexity index is 169. The van der Waals surface area contributed by atoms with E-state index in [0.29, 0.717) is 13.0 Å². The minimum atomic E-state index is -0.281. The van der Waals surface area contributed by atoms with E-state index in [-0.39, 0.29) is 5.54 Å². The molecule has 0 aromatic heterocycles. The van der Waals surface area contributed by atoms with Crippen molar-refractivity contribution in [3.63, 3.8) is 0 Å². The maximum atomic E-state index is 8.19. The van der Waals surface area contributed by atoms with E-state index in [0.717, 1.165) is 0 Å². The normalized spacial score (nSPS) is 10.0. The maximum absolute atomic E-state index is 8.19. The quantitative estimate of drug-likeness (QED) is 0.462. The smallest absolute Gasteiger partial charge is 0.0741 e. The number of nitrogens with one attached hydrogen (secondary N) is 1. The lowest BCUT2D eigenvalue weighted by Gasteiger charge is -2.17. The van der Waals surface area contributed by atoms with Crippen LogP contribution in [-0.2, 0) is 0 Å². The van der Waals surface area contributed by atoms with E-state index in [1.54, 1.807) is 0 Å². The standard InChI is InChI=1S/C8H12N2/c1-4-8(2,3)10-7-5-6-9/h1,10H,5,7H2,2-3H3. The molecule has 0 amide bonds. The van der Waals surface area contributed by atoms with Gasteiger partial charge in [-0.25, -0.2) is 0 Å². The lowest BCUT2D eigenvalue weighted by atomic mass is 10.1. The van der Waals surface area contributed by atoms with Crippen molar-refractivity contribution in [3.05, 3.63) is 0 Å². The van der Waals surface area contributed by atoms with E-state index < -0.39 is 0 Å². The van der Waals surface area contributed by atoms with Gasteiger partial charge >= 0.3 is 0 Å². The van der Waals surface area contributed by atoms with Crippen molar-refractivity contribution < 1.29 is 0 Å². The van der Waals surface area contributed by atoms with Crippen molar-refractivity contribution in [3.8, 4) is 18.4 Å². The van der Waals surface area contributed by atoms with Crippen LogP contribution in [0.1, 0.15) is 20.3 Å². The van der Waals surface area contributed by atoms with Gasteiger partial charge in [-0.2, -0.15) is 5.26 Å². The number of nitrogens with zero attached hydrogens (tertiary/aromatic N) is 1. The van der Waals surface area contributed by atoms with Crippen LogP contribution in [0.25, 0.3) is 0 Å². The van der Waals surface area contributed by atoms with Crippen molar-refractivity contribution in [1.82, 2.24) is 5.32 Å². The van der Waals surface area contributed by atoms with Crippen LogP contribution in [0.2, 0.25) is 0 Å². The van der Waals surface area contributed by atoms with Gasteiger partial charge < -0.3 is 5.32 Å². The molecule has 0 aliphatic heterocycles. The first-order valence-corrected chi connectivity index (χ1v) is 3.22. The SMILES string of the molecule is C#CC(C)(C)NCCC#N. The zero-order valence-corrected chi connectivity index (χ0v) is 6.44. The third kappa shape index (κ3) is 3.95. The summed E-state index contributed by atoms with van der Waals surface area (Å²) in [7, 11) is 0. The molecule has 2 nitrogen and oxygen atoms in total. The maximum Gasteiger partial charge on any atom is 0.0741 e. The largest absolute Gasteiger partial charge is 0.301 e. The first-order chi connectivity index (χ1) is 4.62. The van der Waals surface area contributed by atoms with E-state index in [9.17, 15) is 0 Å². The average Bonchev–Trinajstić information content (AvgIpc) is 1.89. The zero-order chi connectivity index (χ0) is 8.04. The van der Waals surface area contributed by atoms with Gasteiger partial charge in [-0.3, -0.25) is 0 Å². The molecular weight excluding hydrogens is 124 g/mol. The van der Waals surface area contributed by atoms with E-state index in [1.165, 1.54) is 0 Å². The summed E-state index contributed by atoms with van der Waals surface area (Å²) in [5.41, 5.74) is -0.281. The zero-order valence-electron chi connectivity index (χ0n) is 6.44. The summed E-state index contributed by atoms with van der Waals surface area (Å²) in [6.07, 6.45) is 5.70. The first-order valence-electron chi connectivity index (χ1n) is 3.22. The van der Waals surface area contributed by atoms with Gasteiger partial charge in [0.1, 0.15) is 0 Å². The highest BCUT2D eigenvalue weighted by atomic mass is 14.9. The van der Waals surface area contributed by atoms with Gasteiger partial charge in [0.25, 0.3) is 0 Å². The predicted molar refractivity (Wildman–Crippen MR) is 41.1 cm³/mol. The fourth-order valence-electron chi connectivity index (χ4n) is 0.482. The Labute approximate surface area is 62.2 Å². The van der Waals surface area contributed by atoms with Crippen LogP contribution >= 0.6 is 0 Å². The first kappa shape index (κ1) is 9.01. The lowest BCUT2D eigenvalue weighted by Crippen LogP contribution is -2.37. The predicted octanol–water partition coefficient (Wildman–Crippen LogP) is 0.901. The Kier molecular flexibility index (Phi) is 3.54. The summed E-state index contributed by atoms with van der Waals surface area (Å²) in [5, 5.41) is 11.2. The number of hydrogen-bond acceptors (Lipinski definition) is 2. The number of rotatable bonds is 3. The number of hydrogen-bond donors (Lipinski definition) is 1. The molecule has 10 heavy (non-hydrogen) atoms. The molecule has 0 aliphatic carbocycles.